The van der Waals surface area contributed by atoms with Gasteiger partial charge in [0.05, 0.1) is 0 Å². The van der Waals surface area contributed by atoms with Gasteiger partial charge in [0, 0.05) is 5.56 Å². The molecule has 0 heterocycles. The van der Waals surface area contributed by atoms with Crippen LogP contribution in [0, 0.1) is 6.92 Å². The van der Waals surface area contributed by atoms with Gasteiger partial charge < -0.3 is 14.8 Å². The van der Waals surface area contributed by atoms with Gasteiger partial charge in [0.15, 0.2) is 0 Å². The number of para-hydroxylation sites is 1. The van der Waals surface area contributed by atoms with Crippen molar-refractivity contribution in [3.05, 3.63) is 65.7 Å². The first kappa shape index (κ1) is 16.5. The van der Waals surface area contributed by atoms with Crippen LogP contribution in [0.2, 0.25) is 0 Å². The molecule has 2 rings (SSSR count). The highest BCUT2D eigenvalue weighted by atomic mass is 16.6. The number of amides is 1. The Bertz CT molecular complexity index is 655. The van der Waals surface area contributed by atoms with Gasteiger partial charge in [0.25, 0.3) is 5.91 Å². The third-order valence-corrected chi connectivity index (χ3v) is 3.03. The van der Waals surface area contributed by atoms with E-state index in [4.69, 9.17) is 9.47 Å². The minimum absolute atomic E-state index is 0.133. The normalized spacial score (nSPS) is 9.96. The van der Waals surface area contributed by atoms with Crippen molar-refractivity contribution in [2.24, 2.45) is 0 Å². The smallest absolute Gasteiger partial charge is 0.325 e. The van der Waals surface area contributed by atoms with Crippen molar-refractivity contribution in [3.8, 4) is 5.75 Å². The van der Waals surface area contributed by atoms with Gasteiger partial charge in [0.1, 0.15) is 25.5 Å². The van der Waals surface area contributed by atoms with Gasteiger partial charge in [-0.2, -0.15) is 0 Å². The first-order chi connectivity index (χ1) is 11.1. The fourth-order valence-corrected chi connectivity index (χ4v) is 1.92. The number of rotatable bonds is 7. The zero-order chi connectivity index (χ0) is 16.5. The average molecular weight is 313 g/mol. The fourth-order valence-electron chi connectivity index (χ4n) is 1.92. The molecule has 0 saturated heterocycles. The molecular formula is C18H19NO4. The van der Waals surface area contributed by atoms with Crippen molar-refractivity contribution in [3.63, 3.8) is 0 Å². The third-order valence-electron chi connectivity index (χ3n) is 3.03. The van der Waals surface area contributed by atoms with E-state index in [1.54, 1.807) is 18.2 Å². The maximum atomic E-state index is 11.9. The molecule has 0 aliphatic rings. The van der Waals surface area contributed by atoms with Gasteiger partial charge in [-0.05, 0) is 31.2 Å². The van der Waals surface area contributed by atoms with Crippen LogP contribution in [0.5, 0.6) is 5.75 Å². The zero-order valence-corrected chi connectivity index (χ0v) is 13.0. The maximum absolute atomic E-state index is 11.9. The molecule has 0 aromatic heterocycles. The van der Waals surface area contributed by atoms with Gasteiger partial charge in [-0.3, -0.25) is 9.59 Å². The van der Waals surface area contributed by atoms with Crippen LogP contribution >= 0.6 is 0 Å². The predicted octanol–water partition coefficient (Wildman–Crippen LogP) is 2.35. The summed E-state index contributed by atoms with van der Waals surface area (Å²) < 4.78 is 10.4. The highest BCUT2D eigenvalue weighted by molar-refractivity contribution is 5.96. The predicted molar refractivity (Wildman–Crippen MR) is 86.4 cm³/mol. The number of esters is 1. The largest absolute Gasteiger partial charge is 0.490 e. The minimum atomic E-state index is -0.498. The quantitative estimate of drug-likeness (QED) is 0.629. The summed E-state index contributed by atoms with van der Waals surface area (Å²) in [6.07, 6.45) is 0. The van der Waals surface area contributed by atoms with Crippen LogP contribution < -0.4 is 10.1 Å². The van der Waals surface area contributed by atoms with Crippen LogP contribution in [0.4, 0.5) is 0 Å². The van der Waals surface area contributed by atoms with Crippen LogP contribution in [0.1, 0.15) is 15.9 Å². The highest BCUT2D eigenvalue weighted by Gasteiger charge is 2.08. The molecule has 0 aliphatic carbocycles. The van der Waals surface area contributed by atoms with E-state index in [1.165, 1.54) is 0 Å². The molecule has 0 bridgehead atoms. The van der Waals surface area contributed by atoms with Crippen LogP contribution in [-0.2, 0) is 9.53 Å². The topological polar surface area (TPSA) is 64.6 Å². The van der Waals surface area contributed by atoms with Crippen LogP contribution in [0.25, 0.3) is 0 Å². The van der Waals surface area contributed by atoms with Crippen LogP contribution in [-0.4, -0.2) is 31.6 Å². The second-order valence-electron chi connectivity index (χ2n) is 4.93. The summed E-state index contributed by atoms with van der Waals surface area (Å²) in [5.74, 6) is -0.0786. The fraction of sp³-hybridized carbons (Fsp3) is 0.222. The number of nitrogens with one attached hydrogen (secondary N) is 1. The molecule has 0 unspecified atom stereocenters. The molecule has 0 atom stereocenters. The van der Waals surface area contributed by atoms with Crippen molar-refractivity contribution >= 4 is 11.9 Å². The van der Waals surface area contributed by atoms with E-state index in [9.17, 15) is 9.59 Å². The van der Waals surface area contributed by atoms with Crippen molar-refractivity contribution < 1.29 is 19.1 Å². The standard InChI is InChI=1S/C18H19NO4/c1-14-6-5-7-15(12-14)18(21)19-13-17(20)23-11-10-22-16-8-3-2-4-9-16/h2-9,12H,10-11,13H2,1H3,(H,19,21). The number of ether oxygens (including phenoxy) is 2. The van der Waals surface area contributed by atoms with Crippen molar-refractivity contribution in [2.45, 2.75) is 6.92 Å². The average Bonchev–Trinajstić information content (AvgIpc) is 2.57. The Morgan fingerprint density at radius 3 is 2.52 bits per heavy atom. The number of hydrogen-bond acceptors (Lipinski definition) is 4. The highest BCUT2D eigenvalue weighted by Crippen LogP contribution is 2.07. The van der Waals surface area contributed by atoms with Gasteiger partial charge in [0.2, 0.25) is 0 Å². The van der Waals surface area contributed by atoms with E-state index >= 15 is 0 Å². The van der Waals surface area contributed by atoms with E-state index < -0.39 is 5.97 Å². The lowest BCUT2D eigenvalue weighted by molar-refractivity contribution is -0.143. The Balaban J connectivity index is 1.64. The molecule has 5 nitrogen and oxygen atoms in total. The monoisotopic (exact) mass is 313 g/mol. The first-order valence-corrected chi connectivity index (χ1v) is 7.33. The maximum Gasteiger partial charge on any atom is 0.325 e. The summed E-state index contributed by atoms with van der Waals surface area (Å²) in [5.41, 5.74) is 1.50. The second-order valence-corrected chi connectivity index (χ2v) is 4.93. The van der Waals surface area contributed by atoms with Crippen molar-refractivity contribution in [1.29, 1.82) is 0 Å². The lowest BCUT2D eigenvalue weighted by atomic mass is 10.1. The Hall–Kier alpha value is -2.82. The lowest BCUT2D eigenvalue weighted by Gasteiger charge is -2.08. The SMILES string of the molecule is Cc1cccc(C(=O)NCC(=O)OCCOc2ccccc2)c1. The van der Waals surface area contributed by atoms with Crippen LogP contribution in [0.3, 0.4) is 0 Å². The van der Waals surface area contributed by atoms with E-state index in [-0.39, 0.29) is 25.7 Å². The summed E-state index contributed by atoms with van der Waals surface area (Å²) in [6.45, 7) is 2.13. The third kappa shape index (κ3) is 5.82. The molecule has 0 saturated carbocycles. The van der Waals surface area contributed by atoms with E-state index in [0.717, 1.165) is 11.3 Å². The molecule has 2 aromatic rings. The molecule has 2 aromatic carbocycles. The molecule has 1 N–H and O–H groups in total. The van der Waals surface area contributed by atoms with Gasteiger partial charge >= 0.3 is 5.97 Å². The molecule has 5 heteroatoms. The molecule has 23 heavy (non-hydrogen) atoms. The summed E-state index contributed by atoms with van der Waals surface area (Å²) in [7, 11) is 0. The molecule has 1 amide bonds. The number of carbonyl (C=O) groups excluding carboxylic acids is 2. The zero-order valence-electron chi connectivity index (χ0n) is 13.0. The van der Waals surface area contributed by atoms with E-state index in [1.807, 2.05) is 43.3 Å². The molecule has 0 spiro atoms. The number of carbonyl (C=O) groups is 2. The van der Waals surface area contributed by atoms with Crippen molar-refractivity contribution in [2.75, 3.05) is 19.8 Å². The molecular weight excluding hydrogens is 294 g/mol. The Morgan fingerprint density at radius 2 is 1.78 bits per heavy atom. The summed E-state index contributed by atoms with van der Waals surface area (Å²) in [6, 6.07) is 16.4. The number of aryl methyl sites for hydroxylation is 1. The molecule has 0 radical (unpaired) electrons. The molecule has 0 aliphatic heterocycles. The summed E-state index contributed by atoms with van der Waals surface area (Å²) in [5, 5.41) is 2.53. The molecule has 120 valence electrons. The summed E-state index contributed by atoms with van der Waals surface area (Å²) >= 11 is 0. The molecule has 0 fully saturated rings. The first-order valence-electron chi connectivity index (χ1n) is 7.33. The van der Waals surface area contributed by atoms with E-state index in [2.05, 4.69) is 5.32 Å². The Labute approximate surface area is 135 Å². The number of benzene rings is 2. The minimum Gasteiger partial charge on any atom is -0.490 e. The summed E-state index contributed by atoms with van der Waals surface area (Å²) in [4.78, 5) is 23.4. The van der Waals surface area contributed by atoms with Gasteiger partial charge in [-0.15, -0.1) is 0 Å². The van der Waals surface area contributed by atoms with E-state index in [0.29, 0.717) is 5.56 Å². The lowest BCUT2D eigenvalue weighted by Crippen LogP contribution is -2.31. The van der Waals surface area contributed by atoms with Gasteiger partial charge in [-0.25, -0.2) is 0 Å². The van der Waals surface area contributed by atoms with Crippen molar-refractivity contribution in [1.82, 2.24) is 5.32 Å². The number of hydrogen-bond donors (Lipinski definition) is 1. The Morgan fingerprint density at radius 1 is 1.00 bits per heavy atom. The van der Waals surface area contributed by atoms with Gasteiger partial charge in [-0.1, -0.05) is 35.9 Å². The second kappa shape index (κ2) is 8.58. The Kier molecular flexibility index (Phi) is 6.17. The van der Waals surface area contributed by atoms with Crippen LogP contribution in [0.15, 0.2) is 54.6 Å².